The Morgan fingerprint density at radius 2 is 2.00 bits per heavy atom. The number of nitro groups is 1. The van der Waals surface area contributed by atoms with Crippen LogP contribution in [0.15, 0.2) is 46.9 Å². The number of amides is 1. The zero-order chi connectivity index (χ0) is 16.4. The van der Waals surface area contributed by atoms with E-state index in [1.807, 2.05) is 18.2 Å². The van der Waals surface area contributed by atoms with E-state index < -0.39 is 4.92 Å². The van der Waals surface area contributed by atoms with Crippen LogP contribution >= 0.6 is 27.3 Å². The van der Waals surface area contributed by atoms with Gasteiger partial charge in [0.15, 0.2) is 5.13 Å². The summed E-state index contributed by atoms with van der Waals surface area (Å²) in [5.41, 5.74) is 1.52. The number of aromatic nitrogens is 1. The number of nitrogens with one attached hydrogen (secondary N) is 1. The number of halogens is 1. The van der Waals surface area contributed by atoms with Crippen molar-refractivity contribution in [1.82, 2.24) is 4.98 Å². The van der Waals surface area contributed by atoms with Crippen molar-refractivity contribution in [2.45, 2.75) is 6.42 Å². The maximum absolute atomic E-state index is 12.1. The number of rotatable bonds is 4. The molecule has 0 atom stereocenters. The third-order valence-corrected chi connectivity index (χ3v) is 4.70. The van der Waals surface area contributed by atoms with E-state index in [-0.39, 0.29) is 18.0 Å². The minimum absolute atomic E-state index is 0.00480. The zero-order valence-corrected chi connectivity index (χ0v) is 14.1. The van der Waals surface area contributed by atoms with Crippen LogP contribution in [-0.4, -0.2) is 15.8 Å². The van der Waals surface area contributed by atoms with E-state index in [9.17, 15) is 14.9 Å². The molecule has 0 saturated heterocycles. The molecule has 1 N–H and O–H groups in total. The van der Waals surface area contributed by atoms with Gasteiger partial charge in [-0.2, -0.15) is 0 Å². The number of thiazole rings is 1. The van der Waals surface area contributed by atoms with E-state index in [2.05, 4.69) is 26.2 Å². The molecule has 1 amide bonds. The van der Waals surface area contributed by atoms with Crippen LogP contribution in [0.25, 0.3) is 10.2 Å². The lowest BCUT2D eigenvalue weighted by molar-refractivity contribution is -0.384. The van der Waals surface area contributed by atoms with E-state index in [1.165, 1.54) is 23.5 Å². The quantitative estimate of drug-likeness (QED) is 0.534. The first-order chi connectivity index (χ1) is 11.0. The van der Waals surface area contributed by atoms with E-state index >= 15 is 0 Å². The number of nitrogens with zero attached hydrogens (tertiary/aromatic N) is 2. The minimum Gasteiger partial charge on any atom is -0.302 e. The zero-order valence-electron chi connectivity index (χ0n) is 11.7. The molecule has 0 fully saturated rings. The highest BCUT2D eigenvalue weighted by Crippen LogP contribution is 2.30. The largest absolute Gasteiger partial charge is 0.302 e. The summed E-state index contributed by atoms with van der Waals surface area (Å²) in [5.74, 6) is -0.214. The lowest BCUT2D eigenvalue weighted by Crippen LogP contribution is -2.14. The Kier molecular flexibility index (Phi) is 4.35. The van der Waals surface area contributed by atoms with Gasteiger partial charge in [0, 0.05) is 16.6 Å². The molecule has 0 aliphatic heterocycles. The van der Waals surface area contributed by atoms with E-state index in [1.54, 1.807) is 12.1 Å². The third-order valence-electron chi connectivity index (χ3n) is 3.13. The molecular formula is C15H10BrN3O3S. The first kappa shape index (κ1) is 15.6. The summed E-state index contributed by atoms with van der Waals surface area (Å²) in [7, 11) is 0. The van der Waals surface area contributed by atoms with Gasteiger partial charge >= 0.3 is 0 Å². The molecule has 0 saturated carbocycles. The van der Waals surface area contributed by atoms with Crippen LogP contribution in [-0.2, 0) is 11.2 Å². The first-order valence-corrected chi connectivity index (χ1v) is 8.22. The van der Waals surface area contributed by atoms with Crippen LogP contribution in [0.3, 0.4) is 0 Å². The maximum atomic E-state index is 12.1. The van der Waals surface area contributed by atoms with Crippen LogP contribution < -0.4 is 5.32 Å². The van der Waals surface area contributed by atoms with Crippen LogP contribution in [0, 0.1) is 10.1 Å². The fourth-order valence-electron chi connectivity index (χ4n) is 2.05. The van der Waals surface area contributed by atoms with Crippen LogP contribution in [0.1, 0.15) is 5.56 Å². The Morgan fingerprint density at radius 3 is 2.65 bits per heavy atom. The second-order valence-corrected chi connectivity index (χ2v) is 6.64. The van der Waals surface area contributed by atoms with Crippen LogP contribution in [0.5, 0.6) is 0 Å². The Balaban J connectivity index is 1.70. The fraction of sp³-hybridized carbons (Fsp3) is 0.0667. The molecule has 23 heavy (non-hydrogen) atoms. The predicted octanol–water partition coefficient (Wildman–Crippen LogP) is 4.15. The van der Waals surface area contributed by atoms with Gasteiger partial charge in [-0.3, -0.25) is 14.9 Å². The number of non-ortho nitro benzene ring substituents is 1. The summed E-state index contributed by atoms with van der Waals surface area (Å²) < 4.78 is 1.85. The van der Waals surface area contributed by atoms with Crippen molar-refractivity contribution >= 4 is 54.2 Å². The smallest absolute Gasteiger partial charge is 0.269 e. The summed E-state index contributed by atoms with van der Waals surface area (Å²) in [6.45, 7) is 0. The predicted molar refractivity (Wildman–Crippen MR) is 92.8 cm³/mol. The molecular weight excluding hydrogens is 382 g/mol. The van der Waals surface area contributed by atoms with Gasteiger partial charge in [0.25, 0.3) is 5.69 Å². The van der Waals surface area contributed by atoms with Crippen molar-refractivity contribution in [1.29, 1.82) is 0 Å². The number of hydrogen-bond donors (Lipinski definition) is 1. The van der Waals surface area contributed by atoms with E-state index in [4.69, 9.17) is 0 Å². The molecule has 0 aliphatic rings. The fourth-order valence-corrected chi connectivity index (χ4v) is 3.55. The molecule has 3 aromatic rings. The van der Waals surface area contributed by atoms with Gasteiger partial charge in [-0.1, -0.05) is 29.5 Å². The number of nitro benzene ring substituents is 1. The van der Waals surface area contributed by atoms with Gasteiger partial charge in [0.05, 0.1) is 21.6 Å². The molecule has 3 rings (SSSR count). The SMILES string of the molecule is O=C(Cc1ccc([N+](=O)[O-])cc1)Nc1nc2c(Br)cccc2s1. The summed E-state index contributed by atoms with van der Waals surface area (Å²) in [4.78, 5) is 26.6. The number of benzene rings is 2. The molecule has 2 aromatic carbocycles. The Morgan fingerprint density at radius 1 is 1.26 bits per heavy atom. The monoisotopic (exact) mass is 391 g/mol. The highest BCUT2D eigenvalue weighted by molar-refractivity contribution is 9.10. The van der Waals surface area contributed by atoms with Gasteiger partial charge in [-0.05, 0) is 33.6 Å². The summed E-state index contributed by atoms with van der Waals surface area (Å²) in [6, 6.07) is 11.7. The summed E-state index contributed by atoms with van der Waals surface area (Å²) in [6.07, 6.45) is 0.134. The number of fused-ring (bicyclic) bond motifs is 1. The van der Waals surface area contributed by atoms with Crippen molar-refractivity contribution in [3.63, 3.8) is 0 Å². The Labute approximate surface area is 143 Å². The van der Waals surface area contributed by atoms with Gasteiger partial charge in [-0.25, -0.2) is 4.98 Å². The van der Waals surface area contributed by atoms with Gasteiger partial charge in [-0.15, -0.1) is 0 Å². The van der Waals surface area contributed by atoms with Crippen LogP contribution in [0.4, 0.5) is 10.8 Å². The van der Waals surface area contributed by atoms with Gasteiger partial charge < -0.3 is 5.32 Å². The number of carbonyl (C=O) groups excluding carboxylic acids is 1. The average molecular weight is 392 g/mol. The molecule has 8 heteroatoms. The highest BCUT2D eigenvalue weighted by Gasteiger charge is 2.11. The molecule has 0 radical (unpaired) electrons. The molecule has 1 aromatic heterocycles. The molecule has 0 unspecified atom stereocenters. The molecule has 116 valence electrons. The first-order valence-electron chi connectivity index (χ1n) is 6.61. The lowest BCUT2D eigenvalue weighted by Gasteiger charge is -2.01. The average Bonchev–Trinajstić information content (AvgIpc) is 2.91. The second-order valence-electron chi connectivity index (χ2n) is 4.75. The van der Waals surface area contributed by atoms with Crippen molar-refractivity contribution < 1.29 is 9.72 Å². The van der Waals surface area contributed by atoms with Crippen molar-refractivity contribution in [2.24, 2.45) is 0 Å². The standard InChI is InChI=1S/C15H10BrN3O3S/c16-11-2-1-3-12-14(11)18-15(23-12)17-13(20)8-9-4-6-10(7-5-9)19(21)22/h1-7H,8H2,(H,17,18,20). The van der Waals surface area contributed by atoms with Crippen molar-refractivity contribution in [3.8, 4) is 0 Å². The van der Waals surface area contributed by atoms with Crippen molar-refractivity contribution in [3.05, 3.63) is 62.6 Å². The van der Waals surface area contributed by atoms with Gasteiger partial charge in [0.1, 0.15) is 0 Å². The Bertz CT molecular complexity index is 893. The number of hydrogen-bond acceptors (Lipinski definition) is 5. The molecule has 6 nitrogen and oxygen atoms in total. The highest BCUT2D eigenvalue weighted by atomic mass is 79.9. The van der Waals surface area contributed by atoms with Crippen LogP contribution in [0.2, 0.25) is 0 Å². The van der Waals surface area contributed by atoms with Crippen molar-refractivity contribution in [2.75, 3.05) is 5.32 Å². The Hall–Kier alpha value is -2.32. The van der Waals surface area contributed by atoms with E-state index in [0.29, 0.717) is 10.7 Å². The number of anilines is 1. The summed E-state index contributed by atoms with van der Waals surface area (Å²) >= 11 is 4.82. The van der Waals surface area contributed by atoms with Gasteiger partial charge in [0.2, 0.25) is 5.91 Å². The molecule has 1 heterocycles. The molecule has 0 bridgehead atoms. The van der Waals surface area contributed by atoms with E-state index in [0.717, 1.165) is 14.7 Å². The lowest BCUT2D eigenvalue weighted by atomic mass is 10.1. The topological polar surface area (TPSA) is 85.1 Å². The maximum Gasteiger partial charge on any atom is 0.269 e. The number of para-hydroxylation sites is 1. The second kappa shape index (κ2) is 6.43. The molecule has 0 spiro atoms. The number of carbonyl (C=O) groups is 1. The molecule has 0 aliphatic carbocycles. The third kappa shape index (κ3) is 3.54. The minimum atomic E-state index is -0.469. The summed E-state index contributed by atoms with van der Waals surface area (Å²) in [5, 5.41) is 13.9. The normalized spacial score (nSPS) is 10.7.